The highest BCUT2D eigenvalue weighted by Crippen LogP contribution is 2.45. The van der Waals surface area contributed by atoms with Crippen LogP contribution in [0.4, 0.5) is 0 Å². The lowest BCUT2D eigenvalue weighted by atomic mass is 9.81. The molecule has 2 heteroatoms. The van der Waals surface area contributed by atoms with Crippen molar-refractivity contribution in [2.75, 3.05) is 0 Å². The van der Waals surface area contributed by atoms with E-state index in [0.717, 1.165) is 22.3 Å². The highest BCUT2D eigenvalue weighted by atomic mass is 16.5. The molecule has 3 aromatic rings. The van der Waals surface area contributed by atoms with Gasteiger partial charge in [-0.1, -0.05) is 71.8 Å². The Labute approximate surface area is 141 Å². The van der Waals surface area contributed by atoms with E-state index in [0.29, 0.717) is 11.3 Å². The second-order valence-electron chi connectivity index (χ2n) is 6.34. The van der Waals surface area contributed by atoms with Crippen LogP contribution in [0.1, 0.15) is 32.6 Å². The lowest BCUT2D eigenvalue weighted by Gasteiger charge is -2.29. The van der Waals surface area contributed by atoms with Gasteiger partial charge in [-0.2, -0.15) is 0 Å². The van der Waals surface area contributed by atoms with E-state index in [2.05, 4.69) is 0 Å². The Morgan fingerprint density at radius 1 is 0.750 bits per heavy atom. The molecule has 1 aliphatic heterocycles. The van der Waals surface area contributed by atoms with E-state index in [1.54, 1.807) is 0 Å². The second-order valence-corrected chi connectivity index (χ2v) is 6.34. The average Bonchev–Trinajstić information content (AvgIpc) is 2.90. The van der Waals surface area contributed by atoms with Gasteiger partial charge < -0.3 is 4.74 Å². The highest BCUT2D eigenvalue weighted by molar-refractivity contribution is 6.10. The molecule has 0 unspecified atom stereocenters. The molecule has 0 fully saturated rings. The van der Waals surface area contributed by atoms with E-state index in [1.807, 2.05) is 86.6 Å². The molecule has 0 radical (unpaired) electrons. The first-order valence-electron chi connectivity index (χ1n) is 8.08. The predicted octanol–water partition coefficient (Wildman–Crippen LogP) is 4.82. The summed E-state index contributed by atoms with van der Waals surface area (Å²) in [5.41, 5.74) is 3.52. The summed E-state index contributed by atoms with van der Waals surface area (Å²) in [6, 6.07) is 23.5. The number of fused-ring (bicyclic) bond motifs is 1. The van der Waals surface area contributed by atoms with Crippen molar-refractivity contribution in [1.29, 1.82) is 0 Å². The summed E-state index contributed by atoms with van der Waals surface area (Å²) in [6.07, 6.45) is 0. The molecule has 118 valence electrons. The van der Waals surface area contributed by atoms with Crippen molar-refractivity contribution in [3.8, 4) is 5.75 Å². The Hall–Kier alpha value is -2.87. The molecule has 0 saturated carbocycles. The van der Waals surface area contributed by atoms with Gasteiger partial charge in [0.2, 0.25) is 11.4 Å². The Morgan fingerprint density at radius 3 is 2.21 bits per heavy atom. The molecule has 1 aliphatic rings. The third kappa shape index (κ3) is 2.07. The van der Waals surface area contributed by atoms with Crippen LogP contribution in [0.3, 0.4) is 0 Å². The van der Waals surface area contributed by atoms with Gasteiger partial charge in [0, 0.05) is 11.1 Å². The van der Waals surface area contributed by atoms with Gasteiger partial charge in [-0.05, 0) is 26.0 Å². The molecule has 0 aliphatic carbocycles. The minimum Gasteiger partial charge on any atom is -0.469 e. The maximum absolute atomic E-state index is 13.4. The van der Waals surface area contributed by atoms with Gasteiger partial charge >= 0.3 is 0 Å². The van der Waals surface area contributed by atoms with Gasteiger partial charge in [0.25, 0.3) is 0 Å². The van der Waals surface area contributed by atoms with Crippen LogP contribution < -0.4 is 4.74 Å². The molecule has 0 N–H and O–H groups in total. The predicted molar refractivity (Wildman–Crippen MR) is 94.5 cm³/mol. The zero-order valence-electron chi connectivity index (χ0n) is 13.7. The summed E-state index contributed by atoms with van der Waals surface area (Å²) in [5.74, 6) is 0.636. The molecule has 0 amide bonds. The SMILES string of the molecule is Cc1ccc([C@]2(c3cccc(C)c3)Oc3ccccc3C2=O)cc1. The first-order chi connectivity index (χ1) is 11.6. The number of rotatable bonds is 2. The van der Waals surface area contributed by atoms with Gasteiger partial charge in [0.15, 0.2) is 0 Å². The summed E-state index contributed by atoms with van der Waals surface area (Å²) >= 11 is 0. The molecule has 2 nitrogen and oxygen atoms in total. The zero-order valence-corrected chi connectivity index (χ0v) is 13.7. The Bertz CT molecular complexity index is 925. The lowest BCUT2D eigenvalue weighted by molar-refractivity contribution is 0.0686. The molecule has 0 bridgehead atoms. The van der Waals surface area contributed by atoms with Crippen molar-refractivity contribution in [2.45, 2.75) is 19.4 Å². The van der Waals surface area contributed by atoms with Crippen molar-refractivity contribution in [2.24, 2.45) is 0 Å². The van der Waals surface area contributed by atoms with E-state index < -0.39 is 5.60 Å². The maximum atomic E-state index is 13.4. The fourth-order valence-corrected chi connectivity index (χ4v) is 3.34. The first kappa shape index (κ1) is 14.7. The van der Waals surface area contributed by atoms with Crippen LogP contribution >= 0.6 is 0 Å². The van der Waals surface area contributed by atoms with Gasteiger partial charge in [-0.15, -0.1) is 0 Å². The van der Waals surface area contributed by atoms with Crippen LogP contribution in [0.2, 0.25) is 0 Å². The third-order valence-corrected chi connectivity index (χ3v) is 4.60. The van der Waals surface area contributed by atoms with Crippen molar-refractivity contribution in [3.63, 3.8) is 0 Å². The molecule has 0 saturated heterocycles. The van der Waals surface area contributed by atoms with E-state index in [4.69, 9.17) is 4.74 Å². The van der Waals surface area contributed by atoms with Crippen LogP contribution in [0.25, 0.3) is 0 Å². The number of aryl methyl sites for hydroxylation is 2. The van der Waals surface area contributed by atoms with E-state index in [-0.39, 0.29) is 5.78 Å². The largest absolute Gasteiger partial charge is 0.469 e. The number of Topliss-reactive ketones (excluding diaryl/α,β-unsaturated/α-hetero) is 1. The third-order valence-electron chi connectivity index (χ3n) is 4.60. The quantitative estimate of drug-likeness (QED) is 0.677. The van der Waals surface area contributed by atoms with Gasteiger partial charge in [-0.25, -0.2) is 0 Å². The molecular formula is C22H18O2. The van der Waals surface area contributed by atoms with Crippen LogP contribution in [0.5, 0.6) is 5.75 Å². The summed E-state index contributed by atoms with van der Waals surface area (Å²) < 4.78 is 6.32. The fourth-order valence-electron chi connectivity index (χ4n) is 3.34. The number of carbonyl (C=O) groups is 1. The number of hydrogen-bond acceptors (Lipinski definition) is 2. The summed E-state index contributed by atoms with van der Waals surface area (Å²) in [4.78, 5) is 13.4. The second kappa shape index (κ2) is 5.34. The Kier molecular flexibility index (Phi) is 3.27. The van der Waals surface area contributed by atoms with E-state index in [9.17, 15) is 4.79 Å². The smallest absolute Gasteiger partial charge is 0.221 e. The molecule has 24 heavy (non-hydrogen) atoms. The van der Waals surface area contributed by atoms with Gasteiger partial charge in [-0.3, -0.25) is 4.79 Å². The number of ketones is 1. The number of ether oxygens (including phenoxy) is 1. The van der Waals surface area contributed by atoms with Gasteiger partial charge in [0.05, 0.1) is 5.56 Å². The number of carbonyl (C=O) groups excluding carboxylic acids is 1. The number of hydrogen-bond donors (Lipinski definition) is 0. The molecule has 1 heterocycles. The van der Waals surface area contributed by atoms with Gasteiger partial charge in [0.1, 0.15) is 5.75 Å². The summed E-state index contributed by atoms with van der Waals surface area (Å²) in [5, 5.41) is 0. The normalized spacial score (nSPS) is 19.0. The van der Waals surface area contributed by atoms with Crippen molar-refractivity contribution in [3.05, 3.63) is 101 Å². The summed E-state index contributed by atoms with van der Waals surface area (Å²) in [6.45, 7) is 4.06. The molecule has 1 atom stereocenters. The molecular weight excluding hydrogens is 296 g/mol. The van der Waals surface area contributed by atoms with E-state index in [1.165, 1.54) is 0 Å². The fraction of sp³-hybridized carbons (Fsp3) is 0.136. The van der Waals surface area contributed by atoms with Crippen molar-refractivity contribution >= 4 is 5.78 Å². The standard InChI is InChI=1S/C22H18O2/c1-15-10-12-17(13-11-15)22(18-7-5-6-16(2)14-18)21(23)19-8-3-4-9-20(19)24-22/h3-14H,1-2H3/t22-/m1/s1. The number of para-hydroxylation sites is 1. The van der Waals surface area contributed by atoms with Crippen LogP contribution in [0.15, 0.2) is 72.8 Å². The molecule has 0 spiro atoms. The minimum absolute atomic E-state index is 0.00690. The number of benzene rings is 3. The van der Waals surface area contributed by atoms with E-state index >= 15 is 0 Å². The van der Waals surface area contributed by atoms with Crippen molar-refractivity contribution in [1.82, 2.24) is 0 Å². The average molecular weight is 314 g/mol. The minimum atomic E-state index is -1.11. The van der Waals surface area contributed by atoms with Crippen molar-refractivity contribution < 1.29 is 9.53 Å². The topological polar surface area (TPSA) is 26.3 Å². The Balaban J connectivity index is 1.99. The highest BCUT2D eigenvalue weighted by Gasteiger charge is 2.50. The zero-order chi connectivity index (χ0) is 16.7. The first-order valence-corrected chi connectivity index (χ1v) is 8.08. The van der Waals surface area contributed by atoms with Crippen LogP contribution in [-0.2, 0) is 5.60 Å². The van der Waals surface area contributed by atoms with Crippen LogP contribution in [0, 0.1) is 13.8 Å². The summed E-state index contributed by atoms with van der Waals surface area (Å²) in [7, 11) is 0. The lowest BCUT2D eigenvalue weighted by Crippen LogP contribution is -2.38. The monoisotopic (exact) mass is 314 g/mol. The maximum Gasteiger partial charge on any atom is 0.221 e. The molecule has 0 aromatic heterocycles. The van der Waals surface area contributed by atoms with Crippen LogP contribution in [-0.4, -0.2) is 5.78 Å². The molecule has 3 aromatic carbocycles. The molecule has 4 rings (SSSR count). The Morgan fingerprint density at radius 2 is 1.50 bits per heavy atom.